The average Bonchev–Trinajstić information content (AvgIpc) is 2.98. The van der Waals surface area contributed by atoms with Crippen LogP contribution in [0.2, 0.25) is 0 Å². The number of rotatable bonds is 21. The molecule has 0 aromatic heterocycles. The van der Waals surface area contributed by atoms with Gasteiger partial charge in [-0.15, -0.1) is 0 Å². The molecule has 0 aliphatic rings. The fourth-order valence-electron chi connectivity index (χ4n) is 3.21. The molecule has 0 aromatic carbocycles. The maximum absolute atomic E-state index is 13.9. The first-order valence-corrected chi connectivity index (χ1v) is 13.7. The molecule has 0 saturated heterocycles. The van der Waals surface area contributed by atoms with Crippen LogP contribution in [0, 0.1) is 5.92 Å². The number of esters is 2. The van der Waals surface area contributed by atoms with Crippen LogP contribution in [0.1, 0.15) is 19.3 Å². The molecule has 0 radical (unpaired) electrons. The van der Waals surface area contributed by atoms with Gasteiger partial charge < -0.3 is 14.7 Å². The van der Waals surface area contributed by atoms with Crippen LogP contribution in [0.15, 0.2) is 0 Å². The Morgan fingerprint density at radius 2 is 0.786 bits per heavy atom. The Bertz CT molecular complexity index is 1320. The molecular weight excluding hydrogens is 929 g/mol. The number of carbonyl (C=O) groups is 2. The first-order valence-electron chi connectivity index (χ1n) is 12.8. The molecule has 0 bridgehead atoms. The molecule has 1 atom stereocenters. The van der Waals surface area contributed by atoms with Gasteiger partial charge in [0.1, 0.15) is 0 Å². The zero-order valence-electron chi connectivity index (χ0n) is 25.9. The van der Waals surface area contributed by atoms with E-state index in [1.165, 1.54) is 0 Å². The fourth-order valence-corrected chi connectivity index (χ4v) is 3.72. The van der Waals surface area contributed by atoms with Gasteiger partial charge in [-0.3, -0.25) is 14.6 Å². The minimum atomic E-state index is -8.30. The summed E-state index contributed by atoms with van der Waals surface area (Å²) < 4.78 is 353. The van der Waals surface area contributed by atoms with E-state index in [0.717, 1.165) is 0 Å². The normalized spacial score (nSPS) is 15.6. The molecule has 0 rings (SSSR count). The molecule has 56 heavy (non-hydrogen) atoms. The summed E-state index contributed by atoms with van der Waals surface area (Å²) in [6, 6.07) is 0. The fraction of sp³-hybridized carbons (Fsp3) is 0.905. The first-order chi connectivity index (χ1) is 23.9. The molecule has 0 saturated carbocycles. The van der Waals surface area contributed by atoms with Crippen LogP contribution in [-0.4, -0.2) is 102 Å². The van der Waals surface area contributed by atoms with Crippen molar-refractivity contribution in [3.8, 4) is 0 Å². The SMILES string of the molecule is O=C(CC(CSOO[O-])C(=O)OCCC(F)(F)C(F)(F)C(F)(F)C(F)(F)C(F)(F)C(F)(F)F)OCCC(F)(F)C(F)(F)C(F)(F)C(F)(F)C(F)(F)C(F)(F)F.[K+]. The van der Waals surface area contributed by atoms with E-state index in [0.29, 0.717) is 0 Å². The van der Waals surface area contributed by atoms with Crippen molar-refractivity contribution in [2.75, 3.05) is 19.0 Å². The van der Waals surface area contributed by atoms with Gasteiger partial charge in [-0.2, -0.15) is 118 Å². The molecule has 0 fully saturated rings. The summed E-state index contributed by atoms with van der Waals surface area (Å²) in [5.74, 6) is -87.0. The van der Waals surface area contributed by atoms with E-state index >= 15 is 0 Å². The molecule has 0 spiro atoms. The van der Waals surface area contributed by atoms with Crippen molar-refractivity contribution >= 4 is 24.0 Å². The molecule has 7 nitrogen and oxygen atoms in total. The van der Waals surface area contributed by atoms with E-state index in [1.54, 1.807) is 0 Å². The maximum Gasteiger partial charge on any atom is 1.00 e. The van der Waals surface area contributed by atoms with Gasteiger partial charge in [-0.25, -0.2) is 0 Å². The molecule has 0 N–H and O–H groups in total. The number of halogens is 26. The van der Waals surface area contributed by atoms with Crippen LogP contribution < -0.4 is 56.6 Å². The Labute approximate surface area is 337 Å². The van der Waals surface area contributed by atoms with Gasteiger partial charge >= 0.3 is 135 Å². The predicted molar refractivity (Wildman–Crippen MR) is 115 cm³/mol. The maximum atomic E-state index is 13.9. The van der Waals surface area contributed by atoms with Gasteiger partial charge in [-0.1, -0.05) is 0 Å². The second-order valence-electron chi connectivity index (χ2n) is 10.2. The molecular formula is C21H13F26KO7S. The minimum absolute atomic E-state index is 0. The predicted octanol–water partition coefficient (Wildman–Crippen LogP) is 5.21. The second-order valence-corrected chi connectivity index (χ2v) is 10.9. The summed E-state index contributed by atoms with van der Waals surface area (Å²) in [4.78, 5) is 23.9. The molecule has 1 unspecified atom stereocenters. The Balaban J connectivity index is 0. The molecule has 0 aromatic rings. The quantitative estimate of drug-likeness (QED) is 0.0295. The number of hydrogen-bond donors (Lipinski definition) is 0. The first kappa shape index (κ1) is 57.1. The molecule has 0 heterocycles. The van der Waals surface area contributed by atoms with E-state index in [1.807, 2.05) is 0 Å². The second kappa shape index (κ2) is 18.3. The zero-order chi connectivity index (χ0) is 44.5. The number of alkyl halides is 26. The monoisotopic (exact) mass is 942 g/mol. The van der Waals surface area contributed by atoms with Crippen molar-refractivity contribution in [2.24, 2.45) is 5.92 Å². The summed E-state index contributed by atoms with van der Waals surface area (Å²) in [5.41, 5.74) is 0. The van der Waals surface area contributed by atoms with Crippen molar-refractivity contribution < 1.29 is 199 Å². The molecule has 0 aliphatic heterocycles. The van der Waals surface area contributed by atoms with Crippen LogP contribution >= 0.6 is 12.0 Å². The van der Waals surface area contributed by atoms with Gasteiger partial charge in [-0.05, 0) is 0 Å². The molecule has 35 heteroatoms. The van der Waals surface area contributed by atoms with E-state index < -0.39 is 140 Å². The van der Waals surface area contributed by atoms with E-state index in [-0.39, 0.29) is 51.4 Å². The van der Waals surface area contributed by atoms with Crippen LogP contribution in [0.3, 0.4) is 0 Å². The van der Waals surface area contributed by atoms with Gasteiger partial charge in [0, 0.05) is 17.8 Å². The molecule has 0 amide bonds. The zero-order valence-corrected chi connectivity index (χ0v) is 29.9. The average molecular weight is 942 g/mol. The number of hydrogen-bond acceptors (Lipinski definition) is 8. The summed E-state index contributed by atoms with van der Waals surface area (Å²) >= 11 is -0.446. The van der Waals surface area contributed by atoms with Gasteiger partial charge in [0.25, 0.3) is 0 Å². The minimum Gasteiger partial charge on any atom is -0.691 e. The van der Waals surface area contributed by atoms with E-state index in [4.69, 9.17) is 0 Å². The third-order valence-electron chi connectivity index (χ3n) is 6.43. The smallest absolute Gasteiger partial charge is 0.691 e. The Morgan fingerprint density at radius 1 is 0.482 bits per heavy atom. The standard InChI is InChI=1S/C21H14F26O7S.K/c22-10(23,12(26,27)14(30,31)16(34,35)18(38,39)20(42,43)44)1-3-51-8(48)5-7(6-55-54-53-50)9(49)52-4-2-11(24,25)13(28,29)15(32,33)17(36,37)19(40,41)21(45,46)47;/h7,50H,1-6H2;/q;+1/p-1. The van der Waals surface area contributed by atoms with Crippen molar-refractivity contribution in [1.29, 1.82) is 0 Å². The van der Waals surface area contributed by atoms with E-state index in [2.05, 4.69) is 18.8 Å². The summed E-state index contributed by atoms with van der Waals surface area (Å²) in [7, 11) is 0. The van der Waals surface area contributed by atoms with Gasteiger partial charge in [0.15, 0.2) is 0 Å². The summed E-state index contributed by atoms with van der Waals surface area (Å²) in [6.45, 7) is -4.89. The Morgan fingerprint density at radius 3 is 1.09 bits per heavy atom. The topological polar surface area (TPSA) is 94.1 Å². The van der Waals surface area contributed by atoms with Crippen LogP contribution in [0.25, 0.3) is 0 Å². The van der Waals surface area contributed by atoms with Gasteiger partial charge in [0.05, 0.1) is 38.4 Å². The summed E-state index contributed by atoms with van der Waals surface area (Å²) in [6.07, 6.45) is -23.6. The molecule has 0 aliphatic carbocycles. The Hall–Kier alpha value is -1.01. The Kier molecular flexibility index (Phi) is 18.7. The van der Waals surface area contributed by atoms with Crippen molar-refractivity contribution in [1.82, 2.24) is 0 Å². The van der Waals surface area contributed by atoms with Gasteiger partial charge in [0.2, 0.25) is 0 Å². The van der Waals surface area contributed by atoms with Crippen molar-refractivity contribution in [2.45, 2.75) is 90.8 Å². The van der Waals surface area contributed by atoms with E-state index in [9.17, 15) is 129 Å². The largest absolute Gasteiger partial charge is 1.00 e. The third-order valence-corrected chi connectivity index (χ3v) is 7.12. The van der Waals surface area contributed by atoms with Crippen LogP contribution in [-0.2, 0) is 28.4 Å². The van der Waals surface area contributed by atoms with Crippen molar-refractivity contribution in [3.05, 3.63) is 0 Å². The number of ether oxygens (including phenoxy) is 2. The van der Waals surface area contributed by atoms with Crippen LogP contribution in [0.4, 0.5) is 114 Å². The number of carbonyl (C=O) groups excluding carboxylic acids is 2. The van der Waals surface area contributed by atoms with Crippen molar-refractivity contribution in [3.63, 3.8) is 0 Å². The summed E-state index contributed by atoms with van der Waals surface area (Å²) in [5, 5.41) is 12.5. The molecule has 328 valence electrons. The van der Waals surface area contributed by atoms with Crippen LogP contribution in [0.5, 0.6) is 0 Å². The third kappa shape index (κ3) is 10.6.